The Bertz CT molecular complexity index is 691. The highest BCUT2D eigenvalue weighted by atomic mass is 16.2. The Hall–Kier alpha value is -2.70. The molecule has 122 valence electrons. The standard InChI is InChI=1S/C16H21N5O2/c1-11(2)21-8-7-13(19-21)9-16(23)18-14-5-6-15(17-10-14)20(4)12(3)22/h5-8,10-11H,9H2,1-4H3,(H,18,23). The number of nitrogens with zero attached hydrogens (tertiary/aromatic N) is 4. The highest BCUT2D eigenvalue weighted by Crippen LogP contribution is 2.13. The van der Waals surface area contributed by atoms with Gasteiger partial charge in [-0.05, 0) is 32.0 Å². The lowest BCUT2D eigenvalue weighted by Gasteiger charge is -2.13. The van der Waals surface area contributed by atoms with Crippen LogP contribution in [0.4, 0.5) is 11.5 Å². The van der Waals surface area contributed by atoms with E-state index in [1.165, 1.54) is 18.0 Å². The van der Waals surface area contributed by atoms with Crippen molar-refractivity contribution in [2.75, 3.05) is 17.3 Å². The molecule has 2 heterocycles. The Morgan fingerprint density at radius 3 is 2.57 bits per heavy atom. The number of hydrogen-bond acceptors (Lipinski definition) is 4. The van der Waals surface area contributed by atoms with Gasteiger partial charge in [-0.15, -0.1) is 0 Å². The second-order valence-corrected chi connectivity index (χ2v) is 5.59. The van der Waals surface area contributed by atoms with Gasteiger partial charge in [0.25, 0.3) is 0 Å². The molecule has 0 spiro atoms. The molecular formula is C16H21N5O2. The van der Waals surface area contributed by atoms with E-state index in [1.54, 1.807) is 19.2 Å². The third-order valence-electron chi connectivity index (χ3n) is 3.38. The van der Waals surface area contributed by atoms with Crippen molar-refractivity contribution in [3.63, 3.8) is 0 Å². The van der Waals surface area contributed by atoms with Crippen molar-refractivity contribution < 1.29 is 9.59 Å². The Morgan fingerprint density at radius 1 is 1.30 bits per heavy atom. The molecule has 23 heavy (non-hydrogen) atoms. The average molecular weight is 315 g/mol. The Balaban J connectivity index is 1.95. The minimum Gasteiger partial charge on any atom is -0.324 e. The fraction of sp³-hybridized carbons (Fsp3) is 0.375. The summed E-state index contributed by atoms with van der Waals surface area (Å²) in [5, 5.41) is 7.11. The first-order valence-electron chi connectivity index (χ1n) is 7.41. The van der Waals surface area contributed by atoms with E-state index in [2.05, 4.69) is 15.4 Å². The zero-order valence-electron chi connectivity index (χ0n) is 13.8. The molecule has 0 saturated heterocycles. The zero-order valence-corrected chi connectivity index (χ0v) is 13.8. The second kappa shape index (κ2) is 7.04. The van der Waals surface area contributed by atoms with Crippen LogP contribution in [0, 0.1) is 0 Å². The summed E-state index contributed by atoms with van der Waals surface area (Å²) in [4.78, 5) is 28.9. The molecule has 7 heteroatoms. The van der Waals surface area contributed by atoms with Crippen LogP contribution >= 0.6 is 0 Å². The van der Waals surface area contributed by atoms with Crippen LogP contribution in [0.2, 0.25) is 0 Å². The monoisotopic (exact) mass is 315 g/mol. The molecule has 2 aromatic rings. The van der Waals surface area contributed by atoms with Crippen LogP contribution in [0.1, 0.15) is 32.5 Å². The minimum atomic E-state index is -0.159. The quantitative estimate of drug-likeness (QED) is 0.915. The minimum absolute atomic E-state index is 0.102. The molecule has 2 amide bonds. The molecule has 7 nitrogen and oxygen atoms in total. The van der Waals surface area contributed by atoms with E-state index < -0.39 is 0 Å². The fourth-order valence-corrected chi connectivity index (χ4v) is 1.95. The number of pyridine rings is 1. The van der Waals surface area contributed by atoms with Crippen LogP contribution in [-0.2, 0) is 16.0 Å². The van der Waals surface area contributed by atoms with Crippen molar-refractivity contribution in [2.45, 2.75) is 33.2 Å². The average Bonchev–Trinajstić information content (AvgIpc) is 2.95. The van der Waals surface area contributed by atoms with Crippen molar-refractivity contribution in [1.82, 2.24) is 14.8 Å². The van der Waals surface area contributed by atoms with E-state index in [1.807, 2.05) is 30.8 Å². The van der Waals surface area contributed by atoms with Gasteiger partial charge >= 0.3 is 0 Å². The van der Waals surface area contributed by atoms with Crippen molar-refractivity contribution in [3.05, 3.63) is 36.3 Å². The first-order chi connectivity index (χ1) is 10.9. The largest absolute Gasteiger partial charge is 0.324 e. The molecule has 0 unspecified atom stereocenters. The SMILES string of the molecule is CC(=O)N(C)c1ccc(NC(=O)Cc2ccn(C(C)C)n2)cn1. The Labute approximate surface area is 135 Å². The van der Waals surface area contributed by atoms with Crippen LogP contribution in [0.15, 0.2) is 30.6 Å². The second-order valence-electron chi connectivity index (χ2n) is 5.59. The predicted molar refractivity (Wildman–Crippen MR) is 88.3 cm³/mol. The van der Waals surface area contributed by atoms with Crippen LogP contribution in [0.3, 0.4) is 0 Å². The first kappa shape index (κ1) is 16.7. The van der Waals surface area contributed by atoms with Crippen LogP contribution in [0.25, 0.3) is 0 Å². The Kier molecular flexibility index (Phi) is 5.10. The van der Waals surface area contributed by atoms with Gasteiger partial charge in [0.05, 0.1) is 24.0 Å². The number of nitrogens with one attached hydrogen (secondary N) is 1. The third kappa shape index (κ3) is 4.38. The van der Waals surface area contributed by atoms with Crippen molar-refractivity contribution in [1.29, 1.82) is 0 Å². The molecule has 0 aliphatic carbocycles. The van der Waals surface area contributed by atoms with Crippen LogP contribution in [0.5, 0.6) is 0 Å². The molecule has 0 radical (unpaired) electrons. The molecule has 0 aliphatic rings. The van der Waals surface area contributed by atoms with Crippen molar-refractivity contribution in [3.8, 4) is 0 Å². The number of carbonyl (C=O) groups is 2. The summed E-state index contributed by atoms with van der Waals surface area (Å²) in [6.07, 6.45) is 3.59. The smallest absolute Gasteiger partial charge is 0.230 e. The number of amides is 2. The lowest BCUT2D eigenvalue weighted by Crippen LogP contribution is -2.23. The van der Waals surface area contributed by atoms with Gasteiger partial charge in [0, 0.05) is 26.2 Å². The number of anilines is 2. The number of aromatic nitrogens is 3. The highest BCUT2D eigenvalue weighted by molar-refractivity contribution is 5.92. The molecular weight excluding hydrogens is 294 g/mol. The van der Waals surface area contributed by atoms with E-state index >= 15 is 0 Å². The van der Waals surface area contributed by atoms with E-state index in [-0.39, 0.29) is 24.3 Å². The molecule has 0 aromatic carbocycles. The molecule has 0 atom stereocenters. The van der Waals surface area contributed by atoms with Crippen LogP contribution < -0.4 is 10.2 Å². The maximum Gasteiger partial charge on any atom is 0.230 e. The molecule has 2 rings (SSSR count). The lowest BCUT2D eigenvalue weighted by molar-refractivity contribution is -0.116. The van der Waals surface area contributed by atoms with Crippen molar-refractivity contribution in [2.24, 2.45) is 0 Å². The molecule has 0 bridgehead atoms. The summed E-state index contributed by atoms with van der Waals surface area (Å²) < 4.78 is 1.82. The highest BCUT2D eigenvalue weighted by Gasteiger charge is 2.10. The normalized spacial score (nSPS) is 10.7. The molecule has 1 N–H and O–H groups in total. The van der Waals surface area contributed by atoms with E-state index in [0.29, 0.717) is 11.5 Å². The van der Waals surface area contributed by atoms with Crippen molar-refractivity contribution >= 4 is 23.3 Å². The maximum absolute atomic E-state index is 12.0. The molecule has 0 saturated carbocycles. The summed E-state index contributed by atoms with van der Waals surface area (Å²) in [5.41, 5.74) is 1.30. The van der Waals surface area contributed by atoms with E-state index in [0.717, 1.165) is 5.69 Å². The molecule has 0 fully saturated rings. The first-order valence-corrected chi connectivity index (χ1v) is 7.41. The zero-order chi connectivity index (χ0) is 17.0. The summed E-state index contributed by atoms with van der Waals surface area (Å²) in [7, 11) is 1.65. The Morgan fingerprint density at radius 2 is 2.04 bits per heavy atom. The summed E-state index contributed by atoms with van der Waals surface area (Å²) in [5.74, 6) is 0.273. The predicted octanol–water partition coefficient (Wildman–Crippen LogP) is 2.02. The number of hydrogen-bond donors (Lipinski definition) is 1. The van der Waals surface area contributed by atoms with Crippen LogP contribution in [-0.4, -0.2) is 33.6 Å². The maximum atomic E-state index is 12.0. The van der Waals surface area contributed by atoms with Gasteiger partial charge in [-0.1, -0.05) is 0 Å². The fourth-order valence-electron chi connectivity index (χ4n) is 1.95. The van der Waals surface area contributed by atoms with Gasteiger partial charge in [0.1, 0.15) is 5.82 Å². The van der Waals surface area contributed by atoms with Gasteiger partial charge in [-0.25, -0.2) is 4.98 Å². The van der Waals surface area contributed by atoms with E-state index in [4.69, 9.17) is 0 Å². The summed E-state index contributed by atoms with van der Waals surface area (Å²) in [6.45, 7) is 5.53. The molecule has 2 aromatic heterocycles. The molecule has 0 aliphatic heterocycles. The lowest BCUT2D eigenvalue weighted by atomic mass is 10.3. The van der Waals surface area contributed by atoms with Gasteiger partial charge in [0.15, 0.2) is 0 Å². The number of rotatable bonds is 5. The topological polar surface area (TPSA) is 80.1 Å². The summed E-state index contributed by atoms with van der Waals surface area (Å²) >= 11 is 0. The third-order valence-corrected chi connectivity index (χ3v) is 3.38. The van der Waals surface area contributed by atoms with Gasteiger partial charge in [-0.2, -0.15) is 5.10 Å². The van der Waals surface area contributed by atoms with Gasteiger partial charge < -0.3 is 10.2 Å². The summed E-state index contributed by atoms with van der Waals surface area (Å²) in [6, 6.07) is 5.50. The van der Waals surface area contributed by atoms with E-state index in [9.17, 15) is 9.59 Å². The van der Waals surface area contributed by atoms with Gasteiger partial charge in [0.2, 0.25) is 11.8 Å². The number of carbonyl (C=O) groups excluding carboxylic acids is 2. The van der Waals surface area contributed by atoms with Gasteiger partial charge in [-0.3, -0.25) is 14.3 Å².